The minimum Gasteiger partial charge on any atom is -0.495 e. The fraction of sp³-hybridized carbons (Fsp3) is 0.389. The number of ether oxygens (including phenoxy) is 2. The molecule has 4 N–H and O–H groups in total. The summed E-state index contributed by atoms with van der Waals surface area (Å²) in [7, 11) is 1.48. The molecule has 9 heteroatoms. The number of nitrogens with two attached hydrogens (primary N) is 1. The maximum Gasteiger partial charge on any atom is 0.159 e. The van der Waals surface area contributed by atoms with E-state index in [-0.39, 0.29) is 12.0 Å². The van der Waals surface area contributed by atoms with Gasteiger partial charge in [-0.05, 0) is 18.6 Å². The molecule has 1 unspecified atom stereocenters. The third-order valence-corrected chi connectivity index (χ3v) is 4.50. The minimum atomic E-state index is -1.24. The summed E-state index contributed by atoms with van der Waals surface area (Å²) in [5.74, 6) is 0.547. The second-order valence-corrected chi connectivity index (χ2v) is 6.18. The van der Waals surface area contributed by atoms with Crippen LogP contribution in [0.5, 0.6) is 5.75 Å². The molecule has 1 saturated heterocycles. The molecule has 9 nitrogen and oxygen atoms in total. The van der Waals surface area contributed by atoms with E-state index in [9.17, 15) is 10.4 Å². The van der Waals surface area contributed by atoms with Crippen molar-refractivity contribution in [1.29, 1.82) is 10.5 Å². The van der Waals surface area contributed by atoms with Gasteiger partial charge in [-0.1, -0.05) is 0 Å². The predicted octanol–water partition coefficient (Wildman–Crippen LogP) is 1.56. The molecule has 1 aliphatic heterocycles. The Kier molecular flexibility index (Phi) is 5.57. The van der Waals surface area contributed by atoms with Crippen LogP contribution in [0.1, 0.15) is 29.8 Å². The first kappa shape index (κ1) is 18.7. The van der Waals surface area contributed by atoms with Gasteiger partial charge in [0, 0.05) is 24.6 Å². The summed E-state index contributed by atoms with van der Waals surface area (Å²) in [5, 5.41) is 35.9. The first-order valence-electron chi connectivity index (χ1n) is 8.42. The summed E-state index contributed by atoms with van der Waals surface area (Å²) in [6.45, 7) is 0.905. The van der Waals surface area contributed by atoms with Crippen molar-refractivity contribution in [2.45, 2.75) is 18.7 Å². The second-order valence-electron chi connectivity index (χ2n) is 6.18. The van der Waals surface area contributed by atoms with E-state index < -0.39 is 6.23 Å². The molecular weight excluding hydrogens is 348 g/mol. The van der Waals surface area contributed by atoms with E-state index in [2.05, 4.69) is 16.5 Å². The van der Waals surface area contributed by atoms with Crippen LogP contribution in [-0.4, -0.2) is 35.2 Å². The molecule has 1 aliphatic rings. The van der Waals surface area contributed by atoms with Crippen LogP contribution in [-0.2, 0) is 4.74 Å². The minimum absolute atomic E-state index is 0.232. The number of aromatic nitrogens is 2. The first-order chi connectivity index (χ1) is 13.1. The third-order valence-electron chi connectivity index (χ3n) is 4.50. The quantitative estimate of drug-likeness (QED) is 0.675. The van der Waals surface area contributed by atoms with Crippen molar-refractivity contribution in [2.75, 3.05) is 25.6 Å². The summed E-state index contributed by atoms with van der Waals surface area (Å²) in [6.07, 6.45) is 1.00. The van der Waals surface area contributed by atoms with Gasteiger partial charge in [-0.15, -0.1) is 0 Å². The van der Waals surface area contributed by atoms with Gasteiger partial charge >= 0.3 is 0 Å². The lowest BCUT2D eigenvalue weighted by Gasteiger charge is -2.27. The molecule has 140 valence electrons. The number of anilines is 2. The molecule has 0 saturated carbocycles. The standard InChI is InChI=1S/C18H20N6O3/c1-26-16-6-13(3-2-12(16)8-20)22-18-14(17(21)25)9-24(23-18)15-10-27-5-4-11(15)7-19/h2-3,6,9,11,15,17,25H,4-5,10,21H2,1H3,(H,22,23)/t11-,15+,17?/m1/s1. The molecule has 2 aromatic rings. The Morgan fingerprint density at radius 2 is 2.30 bits per heavy atom. The van der Waals surface area contributed by atoms with E-state index in [0.29, 0.717) is 48.0 Å². The van der Waals surface area contributed by atoms with Gasteiger partial charge in [0.05, 0.1) is 42.9 Å². The van der Waals surface area contributed by atoms with Crippen LogP contribution in [0.4, 0.5) is 11.5 Å². The molecule has 2 heterocycles. The van der Waals surface area contributed by atoms with Gasteiger partial charge in [0.2, 0.25) is 0 Å². The van der Waals surface area contributed by atoms with Gasteiger partial charge in [-0.3, -0.25) is 4.68 Å². The molecule has 27 heavy (non-hydrogen) atoms. The topological polar surface area (TPSA) is 142 Å². The number of nitrogens with zero attached hydrogens (tertiary/aromatic N) is 4. The SMILES string of the molecule is COc1cc(Nc2nn([C@H]3COCC[C@@H]3C#N)cc2C(N)O)ccc1C#N. The molecule has 1 fully saturated rings. The van der Waals surface area contributed by atoms with E-state index in [0.717, 1.165) is 0 Å². The Labute approximate surface area is 156 Å². The molecular formula is C18H20N6O3. The molecule has 1 aromatic heterocycles. The van der Waals surface area contributed by atoms with Crippen LogP contribution in [0.3, 0.4) is 0 Å². The molecule has 0 aliphatic carbocycles. The molecule has 0 radical (unpaired) electrons. The maximum absolute atomic E-state index is 9.92. The number of benzene rings is 1. The van der Waals surface area contributed by atoms with E-state index in [1.54, 1.807) is 29.1 Å². The number of hydrogen-bond acceptors (Lipinski definition) is 8. The number of aliphatic hydroxyl groups is 1. The lowest BCUT2D eigenvalue weighted by atomic mass is 9.97. The monoisotopic (exact) mass is 368 g/mol. The molecule has 1 aromatic carbocycles. The Bertz CT molecular complexity index is 895. The van der Waals surface area contributed by atoms with Crippen molar-refractivity contribution in [3.8, 4) is 17.9 Å². The van der Waals surface area contributed by atoms with E-state index in [4.69, 9.17) is 20.5 Å². The third kappa shape index (κ3) is 3.86. The number of aliphatic hydroxyl groups excluding tert-OH is 1. The van der Waals surface area contributed by atoms with Gasteiger partial charge < -0.3 is 25.6 Å². The highest BCUT2D eigenvalue weighted by molar-refractivity contribution is 5.63. The number of hydrogen-bond donors (Lipinski definition) is 3. The lowest BCUT2D eigenvalue weighted by Crippen LogP contribution is -2.29. The van der Waals surface area contributed by atoms with Crippen molar-refractivity contribution in [1.82, 2.24) is 9.78 Å². The summed E-state index contributed by atoms with van der Waals surface area (Å²) < 4.78 is 12.3. The fourth-order valence-corrected chi connectivity index (χ4v) is 3.02. The Morgan fingerprint density at radius 1 is 1.48 bits per heavy atom. The van der Waals surface area contributed by atoms with Gasteiger partial charge in [0.1, 0.15) is 18.0 Å². The summed E-state index contributed by atoms with van der Waals surface area (Å²) in [6, 6.07) is 9.06. The molecule has 0 bridgehead atoms. The zero-order valence-corrected chi connectivity index (χ0v) is 14.8. The maximum atomic E-state index is 9.92. The normalized spacial score (nSPS) is 20.3. The van der Waals surface area contributed by atoms with Crippen LogP contribution in [0.2, 0.25) is 0 Å². The van der Waals surface area contributed by atoms with Crippen molar-refractivity contribution in [2.24, 2.45) is 11.7 Å². The van der Waals surface area contributed by atoms with Gasteiger partial charge in [0.25, 0.3) is 0 Å². The zero-order chi connectivity index (χ0) is 19.4. The highest BCUT2D eigenvalue weighted by Crippen LogP contribution is 2.31. The predicted molar refractivity (Wildman–Crippen MR) is 95.9 cm³/mol. The van der Waals surface area contributed by atoms with E-state index in [1.165, 1.54) is 7.11 Å². The number of nitriles is 2. The average Bonchev–Trinajstić information content (AvgIpc) is 3.11. The smallest absolute Gasteiger partial charge is 0.159 e. The van der Waals surface area contributed by atoms with Crippen molar-refractivity contribution < 1.29 is 14.6 Å². The highest BCUT2D eigenvalue weighted by atomic mass is 16.5. The van der Waals surface area contributed by atoms with Gasteiger partial charge in [0.15, 0.2) is 5.82 Å². The van der Waals surface area contributed by atoms with Crippen molar-refractivity contribution in [3.05, 3.63) is 35.5 Å². The number of rotatable bonds is 5. The second kappa shape index (κ2) is 8.06. The van der Waals surface area contributed by atoms with Crippen LogP contribution < -0.4 is 15.8 Å². The number of nitrogens with one attached hydrogen (secondary N) is 1. The average molecular weight is 368 g/mol. The summed E-state index contributed by atoms with van der Waals surface area (Å²) >= 11 is 0. The van der Waals surface area contributed by atoms with E-state index in [1.807, 2.05) is 6.07 Å². The summed E-state index contributed by atoms with van der Waals surface area (Å²) in [4.78, 5) is 0. The van der Waals surface area contributed by atoms with Crippen LogP contribution in [0.15, 0.2) is 24.4 Å². The van der Waals surface area contributed by atoms with Crippen molar-refractivity contribution >= 4 is 11.5 Å². The van der Waals surface area contributed by atoms with Crippen LogP contribution >= 0.6 is 0 Å². The highest BCUT2D eigenvalue weighted by Gasteiger charge is 2.29. The van der Waals surface area contributed by atoms with Gasteiger partial charge in [-0.25, -0.2) is 0 Å². The van der Waals surface area contributed by atoms with Gasteiger partial charge in [-0.2, -0.15) is 15.6 Å². The molecule has 3 rings (SSSR count). The van der Waals surface area contributed by atoms with Crippen LogP contribution in [0, 0.1) is 28.6 Å². The largest absolute Gasteiger partial charge is 0.495 e. The molecule has 0 spiro atoms. The Hall–Kier alpha value is -3.11. The van der Waals surface area contributed by atoms with Crippen LogP contribution in [0.25, 0.3) is 0 Å². The molecule has 0 amide bonds. The number of methoxy groups -OCH3 is 1. The van der Waals surface area contributed by atoms with Crippen molar-refractivity contribution in [3.63, 3.8) is 0 Å². The Morgan fingerprint density at radius 3 is 2.96 bits per heavy atom. The lowest BCUT2D eigenvalue weighted by molar-refractivity contribution is 0.0341. The zero-order valence-electron chi connectivity index (χ0n) is 14.8. The molecule has 3 atom stereocenters. The Balaban J connectivity index is 1.92. The van der Waals surface area contributed by atoms with E-state index >= 15 is 0 Å². The fourth-order valence-electron chi connectivity index (χ4n) is 3.02. The first-order valence-corrected chi connectivity index (χ1v) is 8.42. The summed E-state index contributed by atoms with van der Waals surface area (Å²) in [5.41, 5.74) is 7.09.